The molecule has 0 aliphatic carbocycles. The van der Waals surface area contributed by atoms with Crippen molar-refractivity contribution in [1.82, 2.24) is 15.1 Å². The van der Waals surface area contributed by atoms with Crippen LogP contribution in [0.3, 0.4) is 0 Å². The molecule has 0 bridgehead atoms. The minimum Gasteiger partial charge on any atom is -0.368 e. The second kappa shape index (κ2) is 5.55. The number of nitrogens with two attached hydrogens (primary N) is 1. The topological polar surface area (TPSA) is 72.9 Å². The fraction of sp³-hybridized carbons (Fsp3) is 0.636. The Morgan fingerprint density at radius 3 is 2.76 bits per heavy atom. The van der Waals surface area contributed by atoms with Gasteiger partial charge in [0.1, 0.15) is 5.54 Å². The van der Waals surface area contributed by atoms with Crippen LogP contribution in [0.25, 0.3) is 0 Å². The van der Waals surface area contributed by atoms with Gasteiger partial charge < -0.3 is 11.1 Å². The summed E-state index contributed by atoms with van der Waals surface area (Å²) in [6, 6.07) is 0.210. The van der Waals surface area contributed by atoms with Crippen LogP contribution in [0, 0.1) is 0 Å². The molecule has 0 aliphatic rings. The van der Waals surface area contributed by atoms with Crippen molar-refractivity contribution < 1.29 is 4.79 Å². The van der Waals surface area contributed by atoms with Gasteiger partial charge in [0, 0.05) is 29.9 Å². The van der Waals surface area contributed by atoms with E-state index in [0.717, 1.165) is 4.90 Å². The highest BCUT2D eigenvalue weighted by Gasteiger charge is 2.31. The molecular formula is C11H20N4OS. The molecule has 1 aromatic heterocycles. The Labute approximate surface area is 106 Å². The van der Waals surface area contributed by atoms with Crippen LogP contribution < -0.4 is 11.1 Å². The van der Waals surface area contributed by atoms with Gasteiger partial charge >= 0.3 is 0 Å². The minimum absolute atomic E-state index is 0.210. The Bertz CT molecular complexity index is 391. The van der Waals surface area contributed by atoms with Crippen molar-refractivity contribution in [2.75, 3.05) is 5.75 Å². The summed E-state index contributed by atoms with van der Waals surface area (Å²) in [5.74, 6) is 0.259. The van der Waals surface area contributed by atoms with Gasteiger partial charge in [-0.2, -0.15) is 5.10 Å². The third-order valence-electron chi connectivity index (χ3n) is 2.36. The molecule has 0 aliphatic heterocycles. The van der Waals surface area contributed by atoms with Gasteiger partial charge in [0.15, 0.2) is 0 Å². The van der Waals surface area contributed by atoms with Crippen LogP contribution in [0.15, 0.2) is 17.3 Å². The minimum atomic E-state index is -0.700. The SMILES string of the molecule is CC(C)NC(C)(CSc1cnn(C)c1)C(N)=O. The van der Waals surface area contributed by atoms with Crippen molar-refractivity contribution >= 4 is 17.7 Å². The summed E-state index contributed by atoms with van der Waals surface area (Å²) in [5, 5.41) is 7.29. The quantitative estimate of drug-likeness (QED) is 0.737. The molecule has 1 aromatic rings. The van der Waals surface area contributed by atoms with E-state index in [1.54, 1.807) is 22.6 Å². The number of carbonyl (C=O) groups is 1. The molecule has 0 fully saturated rings. The fourth-order valence-corrected chi connectivity index (χ4v) is 2.55. The molecule has 1 heterocycles. The van der Waals surface area contributed by atoms with Gasteiger partial charge in [-0.15, -0.1) is 11.8 Å². The fourth-order valence-electron chi connectivity index (χ4n) is 1.52. The third-order valence-corrected chi connectivity index (χ3v) is 3.63. The first-order valence-electron chi connectivity index (χ1n) is 5.52. The molecule has 1 amide bonds. The van der Waals surface area contributed by atoms with E-state index in [1.165, 1.54) is 0 Å². The maximum atomic E-state index is 11.5. The zero-order valence-electron chi connectivity index (χ0n) is 10.7. The van der Waals surface area contributed by atoms with Gasteiger partial charge in [-0.1, -0.05) is 0 Å². The number of aryl methyl sites for hydroxylation is 1. The average molecular weight is 256 g/mol. The molecular weight excluding hydrogens is 236 g/mol. The van der Waals surface area contributed by atoms with Crippen LogP contribution in [0.2, 0.25) is 0 Å². The number of amides is 1. The summed E-state index contributed by atoms with van der Waals surface area (Å²) >= 11 is 1.57. The lowest BCUT2D eigenvalue weighted by atomic mass is 10.0. The molecule has 0 radical (unpaired) electrons. The maximum Gasteiger partial charge on any atom is 0.238 e. The average Bonchev–Trinajstić information content (AvgIpc) is 2.60. The zero-order chi connectivity index (χ0) is 13.1. The van der Waals surface area contributed by atoms with Crippen LogP contribution >= 0.6 is 11.8 Å². The highest BCUT2D eigenvalue weighted by molar-refractivity contribution is 7.99. The highest BCUT2D eigenvalue weighted by Crippen LogP contribution is 2.22. The van der Waals surface area contributed by atoms with Gasteiger partial charge in [0.25, 0.3) is 0 Å². The van der Waals surface area contributed by atoms with Gasteiger partial charge in [0.05, 0.1) is 6.20 Å². The monoisotopic (exact) mass is 256 g/mol. The summed E-state index contributed by atoms with van der Waals surface area (Å²) in [6.07, 6.45) is 3.70. The molecule has 0 spiro atoms. The second-order valence-corrected chi connectivity index (χ2v) is 5.68. The lowest BCUT2D eigenvalue weighted by Gasteiger charge is -2.29. The number of carbonyl (C=O) groups excluding carboxylic acids is 1. The van der Waals surface area contributed by atoms with Crippen molar-refractivity contribution in [3.05, 3.63) is 12.4 Å². The number of thioether (sulfide) groups is 1. The molecule has 5 nitrogen and oxygen atoms in total. The number of nitrogens with zero attached hydrogens (tertiary/aromatic N) is 2. The van der Waals surface area contributed by atoms with Crippen molar-refractivity contribution in [1.29, 1.82) is 0 Å². The maximum absolute atomic E-state index is 11.5. The normalized spacial score (nSPS) is 14.9. The number of aromatic nitrogens is 2. The Hall–Kier alpha value is -1.01. The molecule has 0 saturated carbocycles. The van der Waals surface area contributed by atoms with Crippen molar-refractivity contribution in [2.45, 2.75) is 37.2 Å². The van der Waals surface area contributed by atoms with E-state index in [0.29, 0.717) is 5.75 Å². The summed E-state index contributed by atoms with van der Waals surface area (Å²) in [4.78, 5) is 12.5. The zero-order valence-corrected chi connectivity index (χ0v) is 11.5. The highest BCUT2D eigenvalue weighted by atomic mass is 32.2. The standard InChI is InChI=1S/C11H20N4OS/c1-8(2)14-11(3,10(12)16)7-17-9-5-13-15(4)6-9/h5-6,8,14H,7H2,1-4H3,(H2,12,16). The van der Waals surface area contributed by atoms with Crippen LogP contribution in [-0.4, -0.2) is 33.0 Å². The molecule has 1 rings (SSSR count). The third kappa shape index (κ3) is 4.05. The first-order valence-corrected chi connectivity index (χ1v) is 6.51. The predicted octanol–water partition coefficient (Wildman–Crippen LogP) is 0.754. The first kappa shape index (κ1) is 14.1. The van der Waals surface area contributed by atoms with E-state index in [9.17, 15) is 4.79 Å². The molecule has 6 heteroatoms. The molecule has 96 valence electrons. The van der Waals surface area contributed by atoms with Gasteiger partial charge in [-0.25, -0.2) is 0 Å². The lowest BCUT2D eigenvalue weighted by Crippen LogP contribution is -2.57. The van der Waals surface area contributed by atoms with Crippen molar-refractivity contribution in [3.63, 3.8) is 0 Å². The number of rotatable bonds is 6. The summed E-state index contributed by atoms with van der Waals surface area (Å²) in [6.45, 7) is 5.82. The molecule has 1 atom stereocenters. The first-order chi connectivity index (χ1) is 7.83. The van der Waals surface area contributed by atoms with E-state index >= 15 is 0 Å². The number of nitrogens with one attached hydrogen (secondary N) is 1. The molecule has 0 saturated heterocycles. The van der Waals surface area contributed by atoms with Crippen LogP contribution in [0.4, 0.5) is 0 Å². The number of hydrogen-bond donors (Lipinski definition) is 2. The van der Waals surface area contributed by atoms with Crippen LogP contribution in [-0.2, 0) is 11.8 Å². The van der Waals surface area contributed by atoms with E-state index < -0.39 is 5.54 Å². The number of hydrogen-bond acceptors (Lipinski definition) is 4. The summed E-state index contributed by atoms with van der Waals surface area (Å²) in [7, 11) is 1.86. The molecule has 17 heavy (non-hydrogen) atoms. The van der Waals surface area contributed by atoms with Crippen molar-refractivity contribution in [3.8, 4) is 0 Å². The predicted molar refractivity (Wildman–Crippen MR) is 69.8 cm³/mol. The Morgan fingerprint density at radius 2 is 2.35 bits per heavy atom. The molecule has 1 unspecified atom stereocenters. The van der Waals surface area contributed by atoms with E-state index in [-0.39, 0.29) is 11.9 Å². The van der Waals surface area contributed by atoms with Crippen LogP contribution in [0.5, 0.6) is 0 Å². The molecule has 0 aromatic carbocycles. The Kier molecular flexibility index (Phi) is 4.59. The van der Waals surface area contributed by atoms with E-state index in [1.807, 2.05) is 34.0 Å². The lowest BCUT2D eigenvalue weighted by molar-refractivity contribution is -0.123. The Morgan fingerprint density at radius 1 is 1.71 bits per heavy atom. The Balaban J connectivity index is 2.64. The van der Waals surface area contributed by atoms with Gasteiger partial charge in [-0.3, -0.25) is 9.48 Å². The number of primary amides is 1. The van der Waals surface area contributed by atoms with Gasteiger partial charge in [0.2, 0.25) is 5.91 Å². The summed E-state index contributed by atoms with van der Waals surface area (Å²) in [5.41, 5.74) is 4.75. The largest absolute Gasteiger partial charge is 0.368 e. The van der Waals surface area contributed by atoms with Crippen LogP contribution in [0.1, 0.15) is 20.8 Å². The van der Waals surface area contributed by atoms with E-state index in [2.05, 4.69) is 10.4 Å². The van der Waals surface area contributed by atoms with Gasteiger partial charge in [-0.05, 0) is 20.8 Å². The second-order valence-electron chi connectivity index (χ2n) is 4.63. The van der Waals surface area contributed by atoms with E-state index in [4.69, 9.17) is 5.73 Å². The molecule has 3 N–H and O–H groups in total. The van der Waals surface area contributed by atoms with Crippen molar-refractivity contribution in [2.24, 2.45) is 12.8 Å². The summed E-state index contributed by atoms with van der Waals surface area (Å²) < 4.78 is 1.74. The smallest absolute Gasteiger partial charge is 0.238 e.